The van der Waals surface area contributed by atoms with Gasteiger partial charge in [0, 0.05) is 6.42 Å². The Morgan fingerprint density at radius 1 is 0.733 bits per heavy atom. The summed E-state index contributed by atoms with van der Waals surface area (Å²) >= 11 is 0. The van der Waals surface area contributed by atoms with Crippen LogP contribution in [0.4, 0.5) is 0 Å². The predicted octanol–water partition coefficient (Wildman–Crippen LogP) is 2.69. The van der Waals surface area contributed by atoms with Crippen LogP contribution in [0, 0.1) is 5.92 Å². The van der Waals surface area contributed by atoms with E-state index in [1.165, 1.54) is 44.9 Å². The number of aliphatic hydroxyl groups is 5. The minimum absolute atomic E-state index is 0.254. The standard InChI is InChI=1S/C23H46O7/c1-3-5-7-9-10-12-14-18(13-11-8-6-4-2)15-21(27)30-17-20(26)23(29)22(28)19(25)16-24/h18-20,22-26,28-29H,3-17H2,1-2H3/t18?,19-,20+,22-,23-/m1/s1. The van der Waals surface area contributed by atoms with Crippen molar-refractivity contribution in [3.05, 3.63) is 0 Å². The molecule has 0 amide bonds. The second-order valence-corrected chi connectivity index (χ2v) is 8.46. The van der Waals surface area contributed by atoms with E-state index in [-0.39, 0.29) is 12.3 Å². The lowest BCUT2D eigenvalue weighted by Gasteiger charge is -2.25. The third-order valence-corrected chi connectivity index (χ3v) is 5.63. The minimum atomic E-state index is -1.72. The monoisotopic (exact) mass is 434 g/mol. The van der Waals surface area contributed by atoms with Crippen LogP contribution in [0.3, 0.4) is 0 Å². The molecule has 0 saturated heterocycles. The summed E-state index contributed by atoms with van der Waals surface area (Å²) in [5.41, 5.74) is 0. The molecule has 0 aromatic rings. The first kappa shape index (κ1) is 29.3. The molecule has 0 fully saturated rings. The molecule has 0 radical (unpaired) electrons. The maximum absolute atomic E-state index is 12.2. The Hall–Kier alpha value is -0.730. The highest BCUT2D eigenvalue weighted by molar-refractivity contribution is 5.69. The number of rotatable bonds is 20. The van der Waals surface area contributed by atoms with Crippen molar-refractivity contribution in [2.24, 2.45) is 5.92 Å². The SMILES string of the molecule is CCCCCCCCC(CCCCCC)CC(=O)OC[C@H](O)[C@@H](O)[C@H](O)[C@H](O)CO. The van der Waals surface area contributed by atoms with E-state index in [1.807, 2.05) is 0 Å². The summed E-state index contributed by atoms with van der Waals surface area (Å²) < 4.78 is 5.10. The van der Waals surface area contributed by atoms with Gasteiger partial charge in [-0.2, -0.15) is 0 Å². The van der Waals surface area contributed by atoms with Crippen molar-refractivity contribution in [1.29, 1.82) is 0 Å². The topological polar surface area (TPSA) is 127 Å². The largest absolute Gasteiger partial charge is 0.463 e. The van der Waals surface area contributed by atoms with Gasteiger partial charge in [0.25, 0.3) is 0 Å². The molecule has 1 unspecified atom stereocenters. The number of esters is 1. The number of carbonyl (C=O) groups is 1. The van der Waals surface area contributed by atoms with Crippen molar-refractivity contribution in [1.82, 2.24) is 0 Å². The summed E-state index contributed by atoms with van der Waals surface area (Å²) in [5.74, 6) is -0.172. The van der Waals surface area contributed by atoms with E-state index in [0.29, 0.717) is 0 Å². The zero-order chi connectivity index (χ0) is 22.8. The van der Waals surface area contributed by atoms with Gasteiger partial charge in [-0.05, 0) is 18.8 Å². The highest BCUT2D eigenvalue weighted by Crippen LogP contribution is 2.22. The minimum Gasteiger partial charge on any atom is -0.463 e. The highest BCUT2D eigenvalue weighted by atomic mass is 16.5. The van der Waals surface area contributed by atoms with Crippen LogP contribution in [0.25, 0.3) is 0 Å². The van der Waals surface area contributed by atoms with Crippen LogP contribution in [0.5, 0.6) is 0 Å². The molecule has 0 spiro atoms. The van der Waals surface area contributed by atoms with Crippen LogP contribution in [-0.4, -0.2) is 69.1 Å². The van der Waals surface area contributed by atoms with Crippen LogP contribution >= 0.6 is 0 Å². The van der Waals surface area contributed by atoms with E-state index in [2.05, 4.69) is 13.8 Å². The summed E-state index contributed by atoms with van der Waals surface area (Å²) in [5, 5.41) is 47.4. The van der Waals surface area contributed by atoms with E-state index in [4.69, 9.17) is 9.84 Å². The van der Waals surface area contributed by atoms with Crippen LogP contribution in [-0.2, 0) is 9.53 Å². The lowest BCUT2D eigenvalue weighted by Crippen LogP contribution is -2.47. The maximum atomic E-state index is 12.2. The zero-order valence-corrected chi connectivity index (χ0v) is 19.0. The fraction of sp³-hybridized carbons (Fsp3) is 0.957. The molecule has 5 N–H and O–H groups in total. The van der Waals surface area contributed by atoms with E-state index in [9.17, 15) is 25.2 Å². The molecule has 0 aromatic carbocycles. The van der Waals surface area contributed by atoms with Gasteiger partial charge in [-0.3, -0.25) is 4.79 Å². The Labute approximate surface area is 182 Å². The fourth-order valence-electron chi connectivity index (χ4n) is 3.56. The molecule has 30 heavy (non-hydrogen) atoms. The van der Waals surface area contributed by atoms with Gasteiger partial charge in [0.15, 0.2) is 0 Å². The van der Waals surface area contributed by atoms with Gasteiger partial charge in [0.1, 0.15) is 31.0 Å². The van der Waals surface area contributed by atoms with Crippen LogP contribution in [0.1, 0.15) is 97.3 Å². The fourth-order valence-corrected chi connectivity index (χ4v) is 3.56. The van der Waals surface area contributed by atoms with Crippen molar-refractivity contribution in [2.75, 3.05) is 13.2 Å². The summed E-state index contributed by atoms with van der Waals surface area (Å²) in [6.07, 6.45) is 7.58. The van der Waals surface area contributed by atoms with Crippen LogP contribution in [0.2, 0.25) is 0 Å². The first-order valence-corrected chi connectivity index (χ1v) is 11.9. The first-order chi connectivity index (χ1) is 14.4. The Balaban J connectivity index is 4.38. The van der Waals surface area contributed by atoms with E-state index in [0.717, 1.165) is 32.1 Å². The summed E-state index contributed by atoms with van der Waals surface area (Å²) in [7, 11) is 0. The van der Waals surface area contributed by atoms with Crippen molar-refractivity contribution in [3.63, 3.8) is 0 Å². The van der Waals surface area contributed by atoms with Gasteiger partial charge < -0.3 is 30.3 Å². The van der Waals surface area contributed by atoms with Crippen molar-refractivity contribution >= 4 is 5.97 Å². The smallest absolute Gasteiger partial charge is 0.306 e. The molecule has 180 valence electrons. The molecule has 7 heteroatoms. The third kappa shape index (κ3) is 14.3. The van der Waals surface area contributed by atoms with E-state index in [1.54, 1.807) is 0 Å². The lowest BCUT2D eigenvalue weighted by atomic mass is 9.91. The quantitative estimate of drug-likeness (QED) is 0.147. The van der Waals surface area contributed by atoms with Crippen molar-refractivity contribution in [2.45, 2.75) is 122 Å². The zero-order valence-electron chi connectivity index (χ0n) is 19.0. The average Bonchev–Trinajstić information content (AvgIpc) is 2.75. The number of aliphatic hydroxyl groups excluding tert-OH is 5. The first-order valence-electron chi connectivity index (χ1n) is 11.9. The Bertz CT molecular complexity index is 405. The molecule has 0 aromatic heterocycles. The van der Waals surface area contributed by atoms with Gasteiger partial charge in [-0.25, -0.2) is 0 Å². The van der Waals surface area contributed by atoms with Gasteiger partial charge in [0.05, 0.1) is 6.61 Å². The highest BCUT2D eigenvalue weighted by Gasteiger charge is 2.30. The molecule has 0 rings (SSSR count). The third-order valence-electron chi connectivity index (χ3n) is 5.63. The molecule has 7 nitrogen and oxygen atoms in total. The van der Waals surface area contributed by atoms with Crippen LogP contribution < -0.4 is 0 Å². The number of unbranched alkanes of at least 4 members (excludes halogenated alkanes) is 8. The van der Waals surface area contributed by atoms with Gasteiger partial charge in [-0.1, -0.05) is 78.1 Å². The molecule has 0 aliphatic carbocycles. The van der Waals surface area contributed by atoms with Gasteiger partial charge in [-0.15, -0.1) is 0 Å². The number of ether oxygens (including phenoxy) is 1. The summed E-state index contributed by atoms with van der Waals surface area (Å²) in [6, 6.07) is 0. The Kier molecular flexibility index (Phi) is 18.5. The second-order valence-electron chi connectivity index (χ2n) is 8.46. The molecule has 0 aliphatic heterocycles. The maximum Gasteiger partial charge on any atom is 0.306 e. The average molecular weight is 435 g/mol. The molecular weight excluding hydrogens is 388 g/mol. The normalized spacial score (nSPS) is 16.6. The Morgan fingerprint density at radius 2 is 1.20 bits per heavy atom. The molecule has 0 saturated carbocycles. The Morgan fingerprint density at radius 3 is 1.73 bits per heavy atom. The molecule has 5 atom stereocenters. The van der Waals surface area contributed by atoms with E-state index >= 15 is 0 Å². The van der Waals surface area contributed by atoms with Gasteiger partial charge in [0.2, 0.25) is 0 Å². The van der Waals surface area contributed by atoms with E-state index < -0.39 is 43.6 Å². The second kappa shape index (κ2) is 19.0. The van der Waals surface area contributed by atoms with Crippen molar-refractivity contribution in [3.8, 4) is 0 Å². The molecule has 0 bridgehead atoms. The lowest BCUT2D eigenvalue weighted by molar-refractivity contribution is -0.157. The summed E-state index contributed by atoms with van der Waals surface area (Å²) in [6.45, 7) is 3.16. The van der Waals surface area contributed by atoms with Crippen molar-refractivity contribution < 1.29 is 35.1 Å². The number of hydrogen-bond donors (Lipinski definition) is 5. The molecule has 0 heterocycles. The number of hydrogen-bond acceptors (Lipinski definition) is 7. The summed E-state index contributed by atoms with van der Waals surface area (Å²) in [4.78, 5) is 12.2. The predicted molar refractivity (Wildman–Crippen MR) is 117 cm³/mol. The van der Waals surface area contributed by atoms with Gasteiger partial charge >= 0.3 is 5.97 Å². The van der Waals surface area contributed by atoms with Crippen LogP contribution in [0.15, 0.2) is 0 Å². The number of carbonyl (C=O) groups excluding carboxylic acids is 1. The molecule has 0 aliphatic rings. The molecular formula is C23H46O7.